The van der Waals surface area contributed by atoms with E-state index in [1.807, 2.05) is 0 Å². The van der Waals surface area contributed by atoms with Crippen LogP contribution in [0.25, 0.3) is 0 Å². The Bertz CT molecular complexity index is 452. The van der Waals surface area contributed by atoms with E-state index in [0.717, 1.165) is 25.7 Å². The number of hydrogen-bond donors (Lipinski definition) is 4. The molecule has 1 unspecified atom stereocenters. The molecule has 1 amide bonds. The topological polar surface area (TPSA) is 108 Å². The van der Waals surface area contributed by atoms with Crippen molar-refractivity contribution < 1.29 is 42.8 Å². The monoisotopic (exact) mass is 415 g/mol. The Hall–Kier alpha value is -0.940. The molecule has 1 aliphatic heterocycles. The molecule has 0 aromatic heterocycles. The van der Waals surface area contributed by atoms with E-state index in [9.17, 15) is 33.3 Å². The largest absolute Gasteiger partial charge is 0.471 e. The number of hydrogen-bond acceptors (Lipinski definition) is 6. The molecule has 0 spiro atoms. The minimum Gasteiger partial charge on any atom is -0.394 e. The summed E-state index contributed by atoms with van der Waals surface area (Å²) in [5.41, 5.74) is 0. The van der Waals surface area contributed by atoms with E-state index >= 15 is 0 Å². The van der Waals surface area contributed by atoms with Crippen molar-refractivity contribution in [3.63, 3.8) is 0 Å². The Morgan fingerprint density at radius 3 is 2.18 bits per heavy atom. The van der Waals surface area contributed by atoms with Crippen LogP contribution < -0.4 is 5.32 Å². The predicted octanol–water partition coefficient (Wildman–Crippen LogP) is 1.63. The van der Waals surface area contributed by atoms with E-state index in [1.54, 1.807) is 5.32 Å². The second-order valence-electron chi connectivity index (χ2n) is 7.05. The van der Waals surface area contributed by atoms with Gasteiger partial charge < -0.3 is 30.1 Å². The van der Waals surface area contributed by atoms with Gasteiger partial charge in [0.05, 0.1) is 6.61 Å². The van der Waals surface area contributed by atoms with Gasteiger partial charge in [-0.05, 0) is 6.42 Å². The summed E-state index contributed by atoms with van der Waals surface area (Å²) >= 11 is 0. The molecule has 28 heavy (non-hydrogen) atoms. The average molecular weight is 415 g/mol. The third-order valence-electron chi connectivity index (χ3n) is 4.74. The highest BCUT2D eigenvalue weighted by molar-refractivity contribution is 5.82. The first-order valence-electron chi connectivity index (χ1n) is 9.84. The lowest BCUT2D eigenvalue weighted by atomic mass is 9.96. The van der Waals surface area contributed by atoms with E-state index in [2.05, 4.69) is 6.92 Å². The van der Waals surface area contributed by atoms with Gasteiger partial charge in [-0.15, -0.1) is 0 Å². The lowest BCUT2D eigenvalue weighted by Gasteiger charge is -2.42. The van der Waals surface area contributed by atoms with Crippen LogP contribution in [0.5, 0.6) is 0 Å². The maximum atomic E-state index is 12.5. The predicted molar refractivity (Wildman–Crippen MR) is 94.3 cm³/mol. The Balaban J connectivity index is 2.52. The number of nitrogens with one attached hydrogen (secondary N) is 1. The molecule has 0 aromatic rings. The third kappa shape index (κ3) is 8.20. The Labute approximate surface area is 163 Å². The van der Waals surface area contributed by atoms with Crippen LogP contribution in [0.15, 0.2) is 0 Å². The summed E-state index contributed by atoms with van der Waals surface area (Å²) in [4.78, 5) is 11.2. The van der Waals surface area contributed by atoms with E-state index in [-0.39, 0.29) is 6.61 Å². The molecule has 0 bridgehead atoms. The summed E-state index contributed by atoms with van der Waals surface area (Å²) in [5, 5.41) is 30.9. The number of halogens is 3. The number of rotatable bonds is 12. The number of carbonyl (C=O) groups excluding carboxylic acids is 1. The minimum absolute atomic E-state index is 0.139. The molecule has 10 heteroatoms. The molecule has 0 aliphatic carbocycles. The maximum Gasteiger partial charge on any atom is 0.471 e. The van der Waals surface area contributed by atoms with Gasteiger partial charge >= 0.3 is 12.1 Å². The molecule has 1 heterocycles. The van der Waals surface area contributed by atoms with Gasteiger partial charge in [-0.2, -0.15) is 13.2 Å². The number of aliphatic hydroxyl groups is 3. The SMILES string of the molecule is CCCCCCCCCCO[C@@H]1C(NC(=O)C(F)(F)F)[C@@H](O)O[C@H](CO)[C@H]1O. The van der Waals surface area contributed by atoms with Gasteiger partial charge in [0.25, 0.3) is 0 Å². The third-order valence-corrected chi connectivity index (χ3v) is 4.74. The molecular formula is C18H32F3NO6. The molecule has 1 saturated heterocycles. The molecule has 0 saturated carbocycles. The fourth-order valence-electron chi connectivity index (χ4n) is 3.13. The van der Waals surface area contributed by atoms with Crippen molar-refractivity contribution in [2.24, 2.45) is 0 Å². The maximum absolute atomic E-state index is 12.5. The molecule has 7 nitrogen and oxygen atoms in total. The van der Waals surface area contributed by atoms with Crippen molar-refractivity contribution in [2.75, 3.05) is 13.2 Å². The van der Waals surface area contributed by atoms with Crippen LogP contribution in [-0.2, 0) is 14.3 Å². The number of amides is 1. The number of unbranched alkanes of at least 4 members (excludes halogenated alkanes) is 7. The van der Waals surface area contributed by atoms with Crippen LogP contribution in [-0.4, -0.2) is 71.3 Å². The van der Waals surface area contributed by atoms with Gasteiger partial charge in [0, 0.05) is 6.61 Å². The van der Waals surface area contributed by atoms with Crippen LogP contribution >= 0.6 is 0 Å². The molecule has 1 rings (SSSR count). The van der Waals surface area contributed by atoms with Gasteiger partial charge in [-0.1, -0.05) is 51.9 Å². The van der Waals surface area contributed by atoms with Crippen molar-refractivity contribution >= 4 is 5.91 Å². The number of ether oxygens (including phenoxy) is 2. The molecule has 0 radical (unpaired) electrons. The number of aliphatic hydroxyl groups excluding tert-OH is 3. The van der Waals surface area contributed by atoms with E-state index < -0.39 is 49.3 Å². The van der Waals surface area contributed by atoms with Crippen LogP contribution in [0.2, 0.25) is 0 Å². The number of alkyl halides is 3. The van der Waals surface area contributed by atoms with Gasteiger partial charge in [0.1, 0.15) is 24.4 Å². The Morgan fingerprint density at radius 1 is 1.07 bits per heavy atom. The molecule has 0 aromatic carbocycles. The van der Waals surface area contributed by atoms with Gasteiger partial charge in [-0.25, -0.2) is 0 Å². The smallest absolute Gasteiger partial charge is 0.394 e. The number of carbonyl (C=O) groups is 1. The zero-order chi connectivity index (χ0) is 21.2. The Morgan fingerprint density at radius 2 is 1.64 bits per heavy atom. The lowest BCUT2D eigenvalue weighted by molar-refractivity contribution is -0.264. The fourth-order valence-corrected chi connectivity index (χ4v) is 3.13. The lowest BCUT2D eigenvalue weighted by Crippen LogP contribution is -2.66. The first-order valence-corrected chi connectivity index (χ1v) is 9.84. The highest BCUT2D eigenvalue weighted by Gasteiger charge is 2.49. The first-order chi connectivity index (χ1) is 13.2. The normalized spacial score (nSPS) is 28.3. The quantitative estimate of drug-likeness (QED) is 0.361. The fraction of sp³-hybridized carbons (Fsp3) is 0.944. The second kappa shape index (κ2) is 12.6. The summed E-state index contributed by atoms with van der Waals surface area (Å²) in [5.74, 6) is -2.27. The van der Waals surface area contributed by atoms with E-state index in [4.69, 9.17) is 9.47 Å². The van der Waals surface area contributed by atoms with Crippen molar-refractivity contribution in [2.45, 2.75) is 95.1 Å². The molecule has 5 atom stereocenters. The summed E-state index contributed by atoms with van der Waals surface area (Å²) in [6.45, 7) is 1.63. The highest BCUT2D eigenvalue weighted by atomic mass is 19.4. The van der Waals surface area contributed by atoms with E-state index in [1.165, 1.54) is 19.3 Å². The van der Waals surface area contributed by atoms with Gasteiger partial charge in [0.2, 0.25) is 0 Å². The molecule has 1 aliphatic rings. The molecule has 1 fully saturated rings. The van der Waals surface area contributed by atoms with Gasteiger partial charge in [0.15, 0.2) is 6.29 Å². The van der Waals surface area contributed by atoms with Crippen LogP contribution in [0.1, 0.15) is 58.3 Å². The van der Waals surface area contributed by atoms with Crippen LogP contribution in [0.3, 0.4) is 0 Å². The Kier molecular flexibility index (Phi) is 11.3. The summed E-state index contributed by atoms with van der Waals surface area (Å²) in [6.07, 6.45) is -2.75. The second-order valence-corrected chi connectivity index (χ2v) is 7.05. The summed E-state index contributed by atoms with van der Waals surface area (Å²) in [7, 11) is 0. The van der Waals surface area contributed by atoms with Crippen molar-refractivity contribution in [3.05, 3.63) is 0 Å². The van der Waals surface area contributed by atoms with Gasteiger partial charge in [-0.3, -0.25) is 4.79 Å². The minimum atomic E-state index is -5.15. The highest BCUT2D eigenvalue weighted by Crippen LogP contribution is 2.24. The molecule has 4 N–H and O–H groups in total. The van der Waals surface area contributed by atoms with Crippen molar-refractivity contribution in [1.29, 1.82) is 0 Å². The van der Waals surface area contributed by atoms with E-state index in [0.29, 0.717) is 6.42 Å². The van der Waals surface area contributed by atoms with Crippen LogP contribution in [0, 0.1) is 0 Å². The van der Waals surface area contributed by atoms with Crippen molar-refractivity contribution in [3.8, 4) is 0 Å². The van der Waals surface area contributed by atoms with Crippen molar-refractivity contribution in [1.82, 2.24) is 5.32 Å². The summed E-state index contributed by atoms with van der Waals surface area (Å²) in [6, 6.07) is -1.61. The molecule has 166 valence electrons. The zero-order valence-electron chi connectivity index (χ0n) is 16.2. The van der Waals surface area contributed by atoms with Crippen LogP contribution in [0.4, 0.5) is 13.2 Å². The first kappa shape index (κ1) is 25.1. The summed E-state index contributed by atoms with van der Waals surface area (Å²) < 4.78 is 47.9. The average Bonchev–Trinajstić information content (AvgIpc) is 2.63. The molecular weight excluding hydrogens is 383 g/mol. The standard InChI is InChI=1S/C18H32F3NO6/c1-2-3-4-5-6-7-8-9-10-27-15-13(22-17(26)18(19,20)21)16(25)28-12(11-23)14(15)24/h12-16,23-25H,2-11H2,1H3,(H,22,26)/t12-,13?,14-,15-,16+/m1/s1. The zero-order valence-corrected chi connectivity index (χ0v) is 16.2.